The fourth-order valence-electron chi connectivity index (χ4n) is 5.00. The normalized spacial score (nSPS) is 20.0. The first-order valence-electron chi connectivity index (χ1n) is 11.9. The highest BCUT2D eigenvalue weighted by molar-refractivity contribution is 6.04. The van der Waals surface area contributed by atoms with Gasteiger partial charge in [-0.15, -0.1) is 0 Å². The van der Waals surface area contributed by atoms with Crippen molar-refractivity contribution in [1.82, 2.24) is 0 Å². The van der Waals surface area contributed by atoms with Gasteiger partial charge >= 0.3 is 11.9 Å². The number of carbonyl (C=O) groups excluding carboxylic acids is 2. The van der Waals surface area contributed by atoms with E-state index in [0.717, 1.165) is 22.5 Å². The van der Waals surface area contributed by atoms with Crippen LogP contribution in [0, 0.1) is 18.3 Å². The number of esters is 2. The number of hydrogen-bond acceptors (Lipinski definition) is 6. The molecule has 2 aliphatic rings. The predicted molar refractivity (Wildman–Crippen MR) is 135 cm³/mol. The SMILES string of the molecule is CCOC(=O)C1(C(=O)OCC)[C@@H]2C=CC=CC=C2N(c2ccc(C)cc2)[C@H]1c1ccc(OC)cc1. The third kappa shape index (κ3) is 4.14. The van der Waals surface area contributed by atoms with E-state index in [2.05, 4.69) is 4.90 Å². The number of anilines is 1. The Kier molecular flexibility index (Phi) is 7.10. The second-order valence-electron chi connectivity index (χ2n) is 8.53. The Morgan fingerprint density at radius 3 is 2.09 bits per heavy atom. The Morgan fingerprint density at radius 2 is 1.51 bits per heavy atom. The van der Waals surface area contributed by atoms with Gasteiger partial charge in [0.15, 0.2) is 0 Å². The molecule has 0 radical (unpaired) electrons. The van der Waals surface area contributed by atoms with Crippen molar-refractivity contribution in [3.05, 3.63) is 95.7 Å². The lowest BCUT2D eigenvalue weighted by molar-refractivity contribution is -0.175. The van der Waals surface area contributed by atoms with Gasteiger partial charge in [0.25, 0.3) is 0 Å². The van der Waals surface area contributed by atoms with E-state index in [4.69, 9.17) is 14.2 Å². The summed E-state index contributed by atoms with van der Waals surface area (Å²) >= 11 is 0. The minimum absolute atomic E-state index is 0.146. The van der Waals surface area contributed by atoms with E-state index in [1.807, 2.05) is 85.8 Å². The van der Waals surface area contributed by atoms with Crippen molar-refractivity contribution >= 4 is 17.6 Å². The molecule has 1 heterocycles. The van der Waals surface area contributed by atoms with Crippen LogP contribution in [0.5, 0.6) is 5.75 Å². The van der Waals surface area contributed by atoms with Gasteiger partial charge in [-0.05, 0) is 56.7 Å². The maximum Gasteiger partial charge on any atom is 0.327 e. The van der Waals surface area contributed by atoms with E-state index in [9.17, 15) is 9.59 Å². The van der Waals surface area contributed by atoms with Crippen molar-refractivity contribution in [2.45, 2.75) is 26.8 Å². The third-order valence-corrected chi connectivity index (χ3v) is 6.54. The molecule has 1 aliphatic carbocycles. The molecule has 2 aromatic rings. The lowest BCUT2D eigenvalue weighted by Gasteiger charge is -2.36. The van der Waals surface area contributed by atoms with Gasteiger partial charge in [-0.3, -0.25) is 9.59 Å². The number of fused-ring (bicyclic) bond motifs is 1. The second-order valence-corrected chi connectivity index (χ2v) is 8.53. The molecule has 6 heteroatoms. The molecule has 0 aromatic heterocycles. The van der Waals surface area contributed by atoms with Crippen LogP contribution in [0.15, 0.2) is 84.6 Å². The number of allylic oxidation sites excluding steroid dienone is 5. The quantitative estimate of drug-likeness (QED) is 0.401. The number of rotatable bonds is 7. The summed E-state index contributed by atoms with van der Waals surface area (Å²) in [5.74, 6) is -1.11. The Morgan fingerprint density at radius 1 is 0.886 bits per heavy atom. The maximum absolute atomic E-state index is 13.9. The van der Waals surface area contributed by atoms with Crippen LogP contribution >= 0.6 is 0 Å². The highest BCUT2D eigenvalue weighted by atomic mass is 16.6. The summed E-state index contributed by atoms with van der Waals surface area (Å²) in [7, 11) is 1.60. The van der Waals surface area contributed by atoms with Gasteiger partial charge in [0.1, 0.15) is 5.75 Å². The summed E-state index contributed by atoms with van der Waals surface area (Å²) < 4.78 is 16.6. The minimum atomic E-state index is -1.65. The Labute approximate surface area is 206 Å². The van der Waals surface area contributed by atoms with Crippen molar-refractivity contribution in [2.75, 3.05) is 25.2 Å². The van der Waals surface area contributed by atoms with Crippen LogP contribution in [-0.2, 0) is 19.1 Å². The van der Waals surface area contributed by atoms with Gasteiger partial charge in [-0.2, -0.15) is 0 Å². The third-order valence-electron chi connectivity index (χ3n) is 6.54. The maximum atomic E-state index is 13.9. The monoisotopic (exact) mass is 473 g/mol. The van der Waals surface area contributed by atoms with Gasteiger partial charge in [-0.1, -0.05) is 54.1 Å². The molecule has 0 saturated carbocycles. The molecular weight excluding hydrogens is 442 g/mol. The molecule has 2 aromatic carbocycles. The Hall–Kier alpha value is -3.80. The van der Waals surface area contributed by atoms with Gasteiger partial charge < -0.3 is 19.1 Å². The van der Waals surface area contributed by atoms with Gasteiger partial charge in [-0.25, -0.2) is 0 Å². The molecule has 0 spiro atoms. The van der Waals surface area contributed by atoms with Gasteiger partial charge in [0, 0.05) is 17.3 Å². The van der Waals surface area contributed by atoms with E-state index < -0.39 is 29.3 Å². The highest BCUT2D eigenvalue weighted by Gasteiger charge is 2.68. The van der Waals surface area contributed by atoms with E-state index in [-0.39, 0.29) is 13.2 Å². The smallest absolute Gasteiger partial charge is 0.327 e. The molecule has 6 nitrogen and oxygen atoms in total. The Balaban J connectivity index is 2.06. The standard InChI is InChI=1S/C29H31NO5/c1-5-34-27(31)29(28(32)35-6-2)24-10-8-7-9-11-25(24)30(22-16-12-20(3)13-17-22)26(29)21-14-18-23(33-4)19-15-21/h7-19,24,26H,5-6H2,1-4H3/t24-,26+/m1/s1. The number of ether oxygens (including phenoxy) is 3. The molecular formula is C29H31NO5. The van der Waals surface area contributed by atoms with E-state index in [0.29, 0.717) is 5.75 Å². The summed E-state index contributed by atoms with van der Waals surface area (Å²) in [5.41, 5.74) is 1.92. The van der Waals surface area contributed by atoms with Crippen molar-refractivity contribution in [2.24, 2.45) is 11.3 Å². The van der Waals surface area contributed by atoms with Crippen LogP contribution in [0.2, 0.25) is 0 Å². The Bertz CT molecular complexity index is 1140. The number of benzene rings is 2. The molecule has 1 aliphatic heterocycles. The van der Waals surface area contributed by atoms with Crippen LogP contribution in [0.4, 0.5) is 5.69 Å². The van der Waals surface area contributed by atoms with Crippen LogP contribution in [-0.4, -0.2) is 32.3 Å². The summed E-state index contributed by atoms with van der Waals surface area (Å²) in [6.07, 6.45) is 9.53. The van der Waals surface area contributed by atoms with Gasteiger partial charge in [0.05, 0.1) is 26.4 Å². The van der Waals surface area contributed by atoms with Crippen LogP contribution < -0.4 is 9.64 Å². The molecule has 0 amide bonds. The van der Waals surface area contributed by atoms with E-state index in [1.54, 1.807) is 21.0 Å². The highest BCUT2D eigenvalue weighted by Crippen LogP contribution is 2.59. The molecule has 0 N–H and O–H groups in total. The molecule has 2 atom stereocenters. The zero-order valence-electron chi connectivity index (χ0n) is 20.6. The second kappa shape index (κ2) is 10.2. The zero-order chi connectivity index (χ0) is 25.0. The molecule has 182 valence electrons. The number of carbonyl (C=O) groups is 2. The molecule has 0 bridgehead atoms. The number of nitrogens with zero attached hydrogens (tertiary/aromatic N) is 1. The number of methoxy groups -OCH3 is 1. The fraction of sp³-hybridized carbons (Fsp3) is 0.310. The zero-order valence-corrected chi connectivity index (χ0v) is 20.6. The van der Waals surface area contributed by atoms with E-state index in [1.165, 1.54) is 0 Å². The molecule has 0 unspecified atom stereocenters. The van der Waals surface area contributed by atoms with Crippen molar-refractivity contribution < 1.29 is 23.8 Å². The number of aryl methyl sites for hydroxylation is 1. The molecule has 1 fully saturated rings. The topological polar surface area (TPSA) is 65.1 Å². The van der Waals surface area contributed by atoms with Crippen LogP contribution in [0.3, 0.4) is 0 Å². The fourth-order valence-corrected chi connectivity index (χ4v) is 5.00. The number of hydrogen-bond donors (Lipinski definition) is 0. The average molecular weight is 474 g/mol. The van der Waals surface area contributed by atoms with Crippen molar-refractivity contribution in [3.63, 3.8) is 0 Å². The minimum Gasteiger partial charge on any atom is -0.497 e. The first-order valence-corrected chi connectivity index (χ1v) is 11.9. The van der Waals surface area contributed by atoms with Crippen molar-refractivity contribution in [3.8, 4) is 5.75 Å². The molecule has 35 heavy (non-hydrogen) atoms. The largest absolute Gasteiger partial charge is 0.497 e. The van der Waals surface area contributed by atoms with Gasteiger partial charge in [0.2, 0.25) is 5.41 Å². The average Bonchev–Trinajstić information content (AvgIpc) is 2.97. The first kappa shape index (κ1) is 24.3. The summed E-state index contributed by atoms with van der Waals surface area (Å²) in [6.45, 7) is 5.80. The van der Waals surface area contributed by atoms with Crippen LogP contribution in [0.25, 0.3) is 0 Å². The van der Waals surface area contributed by atoms with Crippen LogP contribution in [0.1, 0.15) is 31.0 Å². The predicted octanol–water partition coefficient (Wildman–Crippen LogP) is 5.30. The summed E-state index contributed by atoms with van der Waals surface area (Å²) in [6, 6.07) is 14.8. The summed E-state index contributed by atoms with van der Waals surface area (Å²) in [5, 5.41) is 0. The van der Waals surface area contributed by atoms with E-state index >= 15 is 0 Å². The lowest BCUT2D eigenvalue weighted by atomic mass is 9.69. The summed E-state index contributed by atoms with van der Waals surface area (Å²) in [4.78, 5) is 29.9. The van der Waals surface area contributed by atoms with Crippen molar-refractivity contribution in [1.29, 1.82) is 0 Å². The first-order chi connectivity index (χ1) is 17.0. The molecule has 4 rings (SSSR count). The molecule has 1 saturated heterocycles. The lowest BCUT2D eigenvalue weighted by Crippen LogP contribution is -2.49.